The molecule has 0 aromatic carbocycles. The van der Waals surface area contributed by atoms with Crippen LogP contribution in [0.25, 0.3) is 0 Å². The van der Waals surface area contributed by atoms with E-state index < -0.39 is 0 Å². The van der Waals surface area contributed by atoms with Crippen LogP contribution in [-0.4, -0.2) is 38.3 Å². The van der Waals surface area contributed by atoms with Gasteiger partial charge in [0.25, 0.3) is 0 Å². The summed E-state index contributed by atoms with van der Waals surface area (Å²) >= 11 is 1.87. The van der Waals surface area contributed by atoms with Crippen molar-refractivity contribution in [3.63, 3.8) is 0 Å². The zero-order chi connectivity index (χ0) is 8.36. The van der Waals surface area contributed by atoms with Crippen LogP contribution >= 0.6 is 11.8 Å². The van der Waals surface area contributed by atoms with Crippen molar-refractivity contribution in [2.75, 3.05) is 38.3 Å². The fourth-order valence-electron chi connectivity index (χ4n) is 0.549. The number of ether oxygens (including phenoxy) is 1. The summed E-state index contributed by atoms with van der Waals surface area (Å²) in [5.74, 6) is 4.69. The highest BCUT2D eigenvalue weighted by Crippen LogP contribution is 1.96. The van der Waals surface area contributed by atoms with E-state index in [1.807, 2.05) is 11.8 Å². The van der Waals surface area contributed by atoms with Crippen LogP contribution in [0.5, 0.6) is 0 Å². The predicted octanol–water partition coefficient (Wildman–Crippen LogP) is 0.589. The standard InChI is InChI=1S/C8H15NOS/c1-3-4-9-5-7-11-8-6-10-2/h1,9H,4-8H2,2H3. The van der Waals surface area contributed by atoms with Crippen LogP contribution in [0.15, 0.2) is 0 Å². The van der Waals surface area contributed by atoms with Gasteiger partial charge in [-0.15, -0.1) is 6.42 Å². The molecule has 0 heterocycles. The first-order chi connectivity index (χ1) is 5.41. The van der Waals surface area contributed by atoms with Gasteiger partial charge in [0.15, 0.2) is 0 Å². The highest BCUT2D eigenvalue weighted by molar-refractivity contribution is 7.99. The summed E-state index contributed by atoms with van der Waals surface area (Å²) in [6, 6.07) is 0. The normalized spacial score (nSPS) is 9.45. The van der Waals surface area contributed by atoms with Crippen molar-refractivity contribution in [2.45, 2.75) is 0 Å². The second-order valence-electron chi connectivity index (χ2n) is 1.99. The second kappa shape index (κ2) is 9.83. The third-order valence-electron chi connectivity index (χ3n) is 1.08. The highest BCUT2D eigenvalue weighted by Gasteiger charge is 1.87. The smallest absolute Gasteiger partial charge is 0.0574 e. The molecular weight excluding hydrogens is 158 g/mol. The molecular formula is C8H15NOS. The van der Waals surface area contributed by atoms with Crippen LogP contribution in [0.4, 0.5) is 0 Å². The maximum absolute atomic E-state index is 5.05. The molecule has 0 aromatic heterocycles. The van der Waals surface area contributed by atoms with Crippen molar-refractivity contribution in [3.8, 4) is 12.3 Å². The maximum atomic E-state index is 5.05. The molecule has 64 valence electrons. The monoisotopic (exact) mass is 173 g/mol. The molecule has 0 aromatic rings. The minimum atomic E-state index is 0.671. The molecule has 0 bridgehead atoms. The van der Waals surface area contributed by atoms with Gasteiger partial charge in [-0.25, -0.2) is 0 Å². The van der Waals surface area contributed by atoms with E-state index in [0.717, 1.165) is 24.7 Å². The van der Waals surface area contributed by atoms with Crippen LogP contribution in [-0.2, 0) is 4.74 Å². The summed E-state index contributed by atoms with van der Waals surface area (Å²) in [4.78, 5) is 0. The average molecular weight is 173 g/mol. The van der Waals surface area contributed by atoms with Gasteiger partial charge >= 0.3 is 0 Å². The third kappa shape index (κ3) is 9.83. The quantitative estimate of drug-likeness (QED) is 0.450. The van der Waals surface area contributed by atoms with E-state index in [4.69, 9.17) is 11.2 Å². The molecule has 0 aliphatic heterocycles. The van der Waals surface area contributed by atoms with E-state index >= 15 is 0 Å². The molecule has 0 saturated heterocycles. The number of thioether (sulfide) groups is 1. The van der Waals surface area contributed by atoms with Crippen molar-refractivity contribution in [3.05, 3.63) is 0 Å². The zero-order valence-corrected chi connectivity index (χ0v) is 7.75. The molecule has 0 aliphatic rings. The number of hydrogen-bond donors (Lipinski definition) is 1. The topological polar surface area (TPSA) is 21.3 Å². The largest absolute Gasteiger partial charge is 0.384 e. The van der Waals surface area contributed by atoms with Crippen molar-refractivity contribution in [1.29, 1.82) is 0 Å². The van der Waals surface area contributed by atoms with E-state index in [0.29, 0.717) is 6.54 Å². The van der Waals surface area contributed by atoms with Gasteiger partial charge in [-0.2, -0.15) is 11.8 Å². The first kappa shape index (κ1) is 10.8. The minimum absolute atomic E-state index is 0.671. The van der Waals surface area contributed by atoms with Gasteiger partial charge in [0, 0.05) is 25.2 Å². The van der Waals surface area contributed by atoms with Crippen molar-refractivity contribution in [2.24, 2.45) is 0 Å². The molecule has 0 aliphatic carbocycles. The Morgan fingerprint density at radius 1 is 1.55 bits per heavy atom. The first-order valence-corrected chi connectivity index (χ1v) is 4.78. The van der Waals surface area contributed by atoms with E-state index in [1.54, 1.807) is 7.11 Å². The number of hydrogen-bond acceptors (Lipinski definition) is 3. The van der Waals surface area contributed by atoms with E-state index in [-0.39, 0.29) is 0 Å². The Kier molecular flexibility index (Phi) is 9.68. The van der Waals surface area contributed by atoms with Gasteiger partial charge in [0.05, 0.1) is 13.2 Å². The van der Waals surface area contributed by atoms with Crippen LogP contribution < -0.4 is 5.32 Å². The van der Waals surface area contributed by atoms with Gasteiger partial charge in [0.2, 0.25) is 0 Å². The highest BCUT2D eigenvalue weighted by atomic mass is 32.2. The lowest BCUT2D eigenvalue weighted by atomic mass is 10.6. The fraction of sp³-hybridized carbons (Fsp3) is 0.750. The Bertz CT molecular complexity index is 111. The predicted molar refractivity (Wildman–Crippen MR) is 50.9 cm³/mol. The van der Waals surface area contributed by atoms with Crippen LogP contribution in [0.2, 0.25) is 0 Å². The third-order valence-corrected chi connectivity index (χ3v) is 2.03. The van der Waals surface area contributed by atoms with Gasteiger partial charge in [-0.1, -0.05) is 5.92 Å². The molecule has 1 N–H and O–H groups in total. The molecule has 3 heteroatoms. The Balaban J connectivity index is 2.75. The van der Waals surface area contributed by atoms with Crippen LogP contribution in [0.1, 0.15) is 0 Å². The molecule has 0 radical (unpaired) electrons. The number of terminal acetylenes is 1. The maximum Gasteiger partial charge on any atom is 0.0574 e. The van der Waals surface area contributed by atoms with Gasteiger partial charge in [0.1, 0.15) is 0 Å². The summed E-state index contributed by atoms with van der Waals surface area (Å²) in [5.41, 5.74) is 0. The lowest BCUT2D eigenvalue weighted by Gasteiger charge is -2.00. The van der Waals surface area contributed by atoms with Gasteiger partial charge < -0.3 is 10.1 Å². The van der Waals surface area contributed by atoms with Gasteiger partial charge in [-0.3, -0.25) is 0 Å². The van der Waals surface area contributed by atoms with Gasteiger partial charge in [-0.05, 0) is 0 Å². The lowest BCUT2D eigenvalue weighted by molar-refractivity contribution is 0.218. The lowest BCUT2D eigenvalue weighted by Crippen LogP contribution is -2.17. The zero-order valence-electron chi connectivity index (χ0n) is 6.93. The van der Waals surface area contributed by atoms with Crippen molar-refractivity contribution >= 4 is 11.8 Å². The Hall–Kier alpha value is -0.170. The molecule has 0 saturated carbocycles. The molecule has 0 unspecified atom stereocenters. The van der Waals surface area contributed by atoms with E-state index in [1.165, 1.54) is 0 Å². The Labute approximate surface area is 73.1 Å². The molecule has 0 atom stereocenters. The molecule has 0 amide bonds. The molecule has 11 heavy (non-hydrogen) atoms. The average Bonchev–Trinajstić information content (AvgIpc) is 2.03. The number of nitrogens with one attached hydrogen (secondary N) is 1. The van der Waals surface area contributed by atoms with Crippen LogP contribution in [0.3, 0.4) is 0 Å². The summed E-state index contributed by atoms with van der Waals surface area (Å²) < 4.78 is 4.90. The first-order valence-electron chi connectivity index (χ1n) is 3.62. The van der Waals surface area contributed by atoms with Crippen molar-refractivity contribution in [1.82, 2.24) is 5.32 Å². The fourth-order valence-corrected chi connectivity index (χ4v) is 1.33. The van der Waals surface area contributed by atoms with E-state index in [2.05, 4.69) is 11.2 Å². The number of rotatable bonds is 7. The Morgan fingerprint density at radius 2 is 2.36 bits per heavy atom. The summed E-state index contributed by atoms with van der Waals surface area (Å²) in [6.45, 7) is 2.49. The molecule has 0 spiro atoms. The molecule has 2 nitrogen and oxygen atoms in total. The minimum Gasteiger partial charge on any atom is -0.384 e. The second-order valence-corrected chi connectivity index (χ2v) is 3.21. The molecule has 0 fully saturated rings. The van der Waals surface area contributed by atoms with Crippen molar-refractivity contribution < 1.29 is 4.74 Å². The van der Waals surface area contributed by atoms with E-state index in [9.17, 15) is 0 Å². The molecule has 0 rings (SSSR count). The Morgan fingerprint density at radius 3 is 3.00 bits per heavy atom. The SMILES string of the molecule is C#CCNCCSCCOC. The summed E-state index contributed by atoms with van der Waals surface area (Å²) in [6.07, 6.45) is 5.05. The van der Waals surface area contributed by atoms with Crippen LogP contribution in [0, 0.1) is 12.3 Å². The summed E-state index contributed by atoms with van der Waals surface area (Å²) in [7, 11) is 1.72. The summed E-state index contributed by atoms with van der Waals surface area (Å²) in [5, 5.41) is 3.11. The number of methoxy groups -OCH3 is 1.